The predicted octanol–water partition coefficient (Wildman–Crippen LogP) is 4.06. The molecule has 1 atom stereocenters. The molecule has 0 aliphatic rings. The van der Waals surface area contributed by atoms with E-state index in [0.717, 1.165) is 10.9 Å². The van der Waals surface area contributed by atoms with E-state index in [4.69, 9.17) is 5.73 Å². The molecule has 0 saturated carbocycles. The summed E-state index contributed by atoms with van der Waals surface area (Å²) >= 11 is 5.35. The van der Waals surface area contributed by atoms with Crippen molar-refractivity contribution in [2.24, 2.45) is 5.73 Å². The molecule has 0 aliphatic heterocycles. The molecule has 0 radical (unpaired) electrons. The van der Waals surface area contributed by atoms with Crippen molar-refractivity contribution in [3.8, 4) is 0 Å². The molecular weight excluding hydrogens is 270 g/mol. The Kier molecular flexibility index (Phi) is 6.37. The number of halogens is 1. The van der Waals surface area contributed by atoms with Crippen molar-refractivity contribution < 1.29 is 0 Å². The lowest BCUT2D eigenvalue weighted by Crippen LogP contribution is -2.13. The van der Waals surface area contributed by atoms with Crippen LogP contribution in [0.25, 0.3) is 0 Å². The van der Waals surface area contributed by atoms with Crippen molar-refractivity contribution in [1.82, 2.24) is 0 Å². The van der Waals surface area contributed by atoms with Crippen LogP contribution in [0.2, 0.25) is 0 Å². The molecular formula is C12H18BrNS. The van der Waals surface area contributed by atoms with Gasteiger partial charge in [0.15, 0.2) is 0 Å². The first-order valence-corrected chi connectivity index (χ1v) is 7.10. The maximum atomic E-state index is 5.69. The van der Waals surface area contributed by atoms with Gasteiger partial charge in [0.1, 0.15) is 0 Å². The summed E-state index contributed by atoms with van der Waals surface area (Å²) in [5, 5.41) is 0. The molecule has 0 heterocycles. The van der Waals surface area contributed by atoms with Gasteiger partial charge < -0.3 is 5.73 Å². The lowest BCUT2D eigenvalue weighted by molar-refractivity contribution is 0.618. The minimum absolute atomic E-state index is 0.350. The highest BCUT2D eigenvalue weighted by molar-refractivity contribution is 9.10. The first kappa shape index (κ1) is 13.1. The van der Waals surface area contributed by atoms with Gasteiger partial charge in [-0.25, -0.2) is 0 Å². The third-order valence-corrected chi connectivity index (χ3v) is 3.76. The second-order valence-electron chi connectivity index (χ2n) is 3.78. The number of unbranched alkanes of at least 4 members (excludes halogenated alkanes) is 1. The van der Waals surface area contributed by atoms with Crippen LogP contribution in [-0.4, -0.2) is 11.8 Å². The van der Waals surface area contributed by atoms with Gasteiger partial charge in [0, 0.05) is 15.4 Å². The highest BCUT2D eigenvalue weighted by atomic mass is 79.9. The summed E-state index contributed by atoms with van der Waals surface area (Å²) in [4.78, 5) is 1.35. The van der Waals surface area contributed by atoms with Crippen LogP contribution in [0, 0.1) is 0 Å². The molecule has 15 heavy (non-hydrogen) atoms. The Morgan fingerprint density at radius 1 is 1.27 bits per heavy atom. The number of benzene rings is 1. The van der Waals surface area contributed by atoms with E-state index >= 15 is 0 Å². The fourth-order valence-electron chi connectivity index (χ4n) is 1.29. The van der Waals surface area contributed by atoms with Crippen molar-refractivity contribution in [3.63, 3.8) is 0 Å². The van der Waals surface area contributed by atoms with E-state index in [1.807, 2.05) is 11.8 Å². The largest absolute Gasteiger partial charge is 0.328 e. The van der Waals surface area contributed by atoms with Crippen molar-refractivity contribution >= 4 is 27.7 Å². The second-order valence-corrected chi connectivity index (χ2v) is 5.86. The zero-order valence-electron chi connectivity index (χ0n) is 9.08. The molecule has 1 nitrogen and oxygen atoms in total. The molecule has 1 unspecified atom stereocenters. The number of thioether (sulfide) groups is 1. The standard InChI is InChI=1S/C12H18BrNS/c1-10(14)4-2-3-9-15-12-7-5-11(13)6-8-12/h5-8,10H,2-4,9,14H2,1H3. The van der Waals surface area contributed by atoms with Crippen molar-refractivity contribution in [2.45, 2.75) is 37.1 Å². The van der Waals surface area contributed by atoms with Crippen LogP contribution in [0.4, 0.5) is 0 Å². The smallest absolute Gasteiger partial charge is 0.0176 e. The van der Waals surface area contributed by atoms with Gasteiger partial charge in [-0.1, -0.05) is 22.4 Å². The molecule has 3 heteroatoms. The van der Waals surface area contributed by atoms with Crippen LogP contribution in [0.1, 0.15) is 26.2 Å². The molecule has 84 valence electrons. The van der Waals surface area contributed by atoms with Gasteiger partial charge in [-0.15, -0.1) is 11.8 Å². The van der Waals surface area contributed by atoms with Crippen LogP contribution in [0.5, 0.6) is 0 Å². The number of hydrogen-bond acceptors (Lipinski definition) is 2. The van der Waals surface area contributed by atoms with E-state index < -0.39 is 0 Å². The topological polar surface area (TPSA) is 26.0 Å². The van der Waals surface area contributed by atoms with E-state index in [1.54, 1.807) is 0 Å². The van der Waals surface area contributed by atoms with Crippen LogP contribution in [-0.2, 0) is 0 Å². The van der Waals surface area contributed by atoms with Crippen LogP contribution in [0.15, 0.2) is 33.6 Å². The zero-order chi connectivity index (χ0) is 11.1. The first-order chi connectivity index (χ1) is 7.18. The van der Waals surface area contributed by atoms with Crippen molar-refractivity contribution in [3.05, 3.63) is 28.7 Å². The lowest BCUT2D eigenvalue weighted by atomic mass is 10.2. The first-order valence-electron chi connectivity index (χ1n) is 5.32. The number of rotatable bonds is 6. The Balaban J connectivity index is 2.12. The minimum Gasteiger partial charge on any atom is -0.328 e. The Hall–Kier alpha value is 0.01000. The van der Waals surface area contributed by atoms with E-state index in [-0.39, 0.29) is 0 Å². The van der Waals surface area contributed by atoms with Gasteiger partial charge in [-0.3, -0.25) is 0 Å². The molecule has 2 N–H and O–H groups in total. The summed E-state index contributed by atoms with van der Waals surface area (Å²) in [7, 11) is 0. The summed E-state index contributed by atoms with van der Waals surface area (Å²) in [6.45, 7) is 2.07. The monoisotopic (exact) mass is 287 g/mol. The molecule has 0 amide bonds. The van der Waals surface area contributed by atoms with Crippen LogP contribution >= 0.6 is 27.7 Å². The quantitative estimate of drug-likeness (QED) is 0.631. The third kappa shape index (κ3) is 6.23. The molecule has 0 aromatic heterocycles. The molecule has 0 saturated heterocycles. The molecule has 1 rings (SSSR count). The predicted molar refractivity (Wildman–Crippen MR) is 72.4 cm³/mol. The zero-order valence-corrected chi connectivity index (χ0v) is 11.5. The SMILES string of the molecule is CC(N)CCCCSc1ccc(Br)cc1. The maximum Gasteiger partial charge on any atom is 0.0176 e. The normalized spacial score (nSPS) is 12.7. The molecule has 0 spiro atoms. The molecule has 1 aromatic carbocycles. The fourth-order valence-corrected chi connectivity index (χ4v) is 2.47. The maximum absolute atomic E-state index is 5.69. The van der Waals surface area contributed by atoms with Gasteiger partial charge in [0.2, 0.25) is 0 Å². The van der Waals surface area contributed by atoms with Crippen molar-refractivity contribution in [1.29, 1.82) is 0 Å². The van der Waals surface area contributed by atoms with Gasteiger partial charge in [-0.2, -0.15) is 0 Å². The van der Waals surface area contributed by atoms with Gasteiger partial charge in [0.25, 0.3) is 0 Å². The number of nitrogens with two attached hydrogens (primary N) is 1. The molecule has 1 aromatic rings. The number of hydrogen-bond donors (Lipinski definition) is 1. The van der Waals surface area contributed by atoms with E-state index in [1.165, 1.54) is 23.5 Å². The highest BCUT2D eigenvalue weighted by Crippen LogP contribution is 2.21. The lowest BCUT2D eigenvalue weighted by Gasteiger charge is -2.04. The second kappa shape index (κ2) is 7.31. The fraction of sp³-hybridized carbons (Fsp3) is 0.500. The van der Waals surface area contributed by atoms with Crippen LogP contribution in [0.3, 0.4) is 0 Å². The molecule has 0 aliphatic carbocycles. The summed E-state index contributed by atoms with van der Waals surface area (Å²) in [6, 6.07) is 8.83. The minimum atomic E-state index is 0.350. The van der Waals surface area contributed by atoms with E-state index in [9.17, 15) is 0 Å². The average molecular weight is 288 g/mol. The molecule has 0 bridgehead atoms. The van der Waals surface area contributed by atoms with Crippen LogP contribution < -0.4 is 5.73 Å². The Labute approximate surface area is 105 Å². The third-order valence-electron chi connectivity index (χ3n) is 2.14. The highest BCUT2D eigenvalue weighted by Gasteiger charge is 1.96. The molecule has 0 fully saturated rings. The summed E-state index contributed by atoms with van der Waals surface area (Å²) in [5.74, 6) is 1.19. The summed E-state index contributed by atoms with van der Waals surface area (Å²) in [5.41, 5.74) is 5.69. The van der Waals surface area contributed by atoms with Gasteiger partial charge >= 0.3 is 0 Å². The van der Waals surface area contributed by atoms with E-state index in [0.29, 0.717) is 6.04 Å². The summed E-state index contributed by atoms with van der Waals surface area (Å²) < 4.78 is 1.14. The van der Waals surface area contributed by atoms with Gasteiger partial charge in [-0.05, 0) is 49.8 Å². The van der Waals surface area contributed by atoms with Gasteiger partial charge in [0.05, 0.1) is 0 Å². The Morgan fingerprint density at radius 3 is 2.53 bits per heavy atom. The Bertz CT molecular complexity index is 271. The summed E-state index contributed by atoms with van der Waals surface area (Å²) in [6.07, 6.45) is 3.63. The Morgan fingerprint density at radius 2 is 1.93 bits per heavy atom. The average Bonchev–Trinajstić information content (AvgIpc) is 2.20. The van der Waals surface area contributed by atoms with E-state index in [2.05, 4.69) is 47.1 Å². The van der Waals surface area contributed by atoms with Crippen molar-refractivity contribution in [2.75, 3.05) is 5.75 Å².